The van der Waals surface area contributed by atoms with Gasteiger partial charge >= 0.3 is 0 Å². The first-order valence-electron chi connectivity index (χ1n) is 11.2. The van der Waals surface area contributed by atoms with E-state index in [1.165, 1.54) is 11.3 Å². The Labute approximate surface area is 201 Å². The van der Waals surface area contributed by atoms with Crippen LogP contribution in [-0.4, -0.2) is 70.0 Å². The molecule has 0 bridgehead atoms. The molecule has 0 aliphatic carbocycles. The number of ether oxygens (including phenoxy) is 2. The maximum atomic E-state index is 12.5. The van der Waals surface area contributed by atoms with Gasteiger partial charge < -0.3 is 14.4 Å². The number of piperazine rings is 1. The summed E-state index contributed by atoms with van der Waals surface area (Å²) in [6.07, 6.45) is 5.06. The van der Waals surface area contributed by atoms with Crippen molar-refractivity contribution in [2.24, 2.45) is 0 Å². The highest BCUT2D eigenvalue weighted by Gasteiger charge is 2.21. The number of carbonyl (C=O) groups excluding carboxylic acids is 1. The lowest BCUT2D eigenvalue weighted by Gasteiger charge is -2.34. The van der Waals surface area contributed by atoms with E-state index in [1.54, 1.807) is 30.7 Å². The average molecular weight is 476 g/mol. The topological polar surface area (TPSA) is 80.7 Å². The van der Waals surface area contributed by atoms with Gasteiger partial charge in [-0.25, -0.2) is 4.98 Å². The van der Waals surface area contributed by atoms with E-state index in [9.17, 15) is 4.79 Å². The van der Waals surface area contributed by atoms with E-state index in [2.05, 4.69) is 19.9 Å². The molecule has 4 heterocycles. The van der Waals surface area contributed by atoms with Crippen molar-refractivity contribution >= 4 is 27.6 Å². The van der Waals surface area contributed by atoms with Gasteiger partial charge in [-0.1, -0.05) is 11.3 Å². The minimum atomic E-state index is 0.0675. The summed E-state index contributed by atoms with van der Waals surface area (Å²) in [4.78, 5) is 29.5. The molecular weight excluding hydrogens is 450 g/mol. The Morgan fingerprint density at radius 3 is 2.44 bits per heavy atom. The van der Waals surface area contributed by atoms with Crippen LogP contribution in [-0.2, 0) is 0 Å². The van der Waals surface area contributed by atoms with Crippen LogP contribution in [0.1, 0.15) is 15.9 Å². The summed E-state index contributed by atoms with van der Waals surface area (Å²) in [5, 5.41) is 0.576. The lowest BCUT2D eigenvalue weighted by Crippen LogP contribution is -2.49. The fraction of sp³-hybridized carbons (Fsp3) is 0.280. The Kier molecular flexibility index (Phi) is 6.64. The third-order valence-corrected chi connectivity index (χ3v) is 6.82. The summed E-state index contributed by atoms with van der Waals surface area (Å²) in [7, 11) is 0. The number of fused-ring (bicyclic) bond motifs is 1. The first-order chi connectivity index (χ1) is 16.7. The summed E-state index contributed by atoms with van der Waals surface area (Å²) < 4.78 is 12.9. The number of aromatic nitrogens is 3. The van der Waals surface area contributed by atoms with E-state index >= 15 is 0 Å². The molecule has 4 aromatic rings. The summed E-state index contributed by atoms with van der Waals surface area (Å²) in [6.45, 7) is 6.55. The molecule has 0 spiro atoms. The lowest BCUT2D eigenvalue weighted by molar-refractivity contribution is 0.0620. The summed E-state index contributed by atoms with van der Waals surface area (Å²) >= 11 is 1.49. The van der Waals surface area contributed by atoms with Crippen molar-refractivity contribution in [1.29, 1.82) is 0 Å². The average Bonchev–Trinajstić information content (AvgIpc) is 3.29. The van der Waals surface area contributed by atoms with Gasteiger partial charge in [0.2, 0.25) is 0 Å². The monoisotopic (exact) mass is 475 g/mol. The highest BCUT2D eigenvalue weighted by atomic mass is 32.1. The number of hydrogen-bond acceptors (Lipinski definition) is 8. The van der Waals surface area contributed by atoms with Crippen LogP contribution in [0, 0.1) is 6.92 Å². The Morgan fingerprint density at radius 1 is 0.971 bits per heavy atom. The number of amides is 1. The minimum Gasteiger partial charge on any atom is -0.492 e. The van der Waals surface area contributed by atoms with Gasteiger partial charge in [0.1, 0.15) is 18.1 Å². The van der Waals surface area contributed by atoms with Crippen molar-refractivity contribution in [3.05, 3.63) is 72.2 Å². The predicted octanol–water partition coefficient (Wildman–Crippen LogP) is 4.02. The Balaban J connectivity index is 1.06. The maximum absolute atomic E-state index is 12.5. The van der Waals surface area contributed by atoms with Crippen molar-refractivity contribution < 1.29 is 14.3 Å². The molecule has 1 fully saturated rings. The normalized spacial score (nSPS) is 14.3. The number of aryl methyl sites for hydroxylation is 1. The van der Waals surface area contributed by atoms with E-state index in [0.29, 0.717) is 41.9 Å². The molecule has 5 rings (SSSR count). The number of pyridine rings is 2. The molecule has 0 N–H and O–H groups in total. The molecular formula is C25H25N5O3S. The predicted molar refractivity (Wildman–Crippen MR) is 131 cm³/mol. The van der Waals surface area contributed by atoms with Gasteiger partial charge in [0.15, 0.2) is 5.65 Å². The maximum Gasteiger partial charge on any atom is 0.281 e. The first kappa shape index (κ1) is 22.2. The van der Waals surface area contributed by atoms with Gasteiger partial charge in [0, 0.05) is 56.9 Å². The molecule has 1 aromatic carbocycles. The highest BCUT2D eigenvalue weighted by molar-refractivity contribution is 7.20. The van der Waals surface area contributed by atoms with Crippen LogP contribution in [0.4, 0.5) is 0 Å². The minimum absolute atomic E-state index is 0.0675. The standard InChI is InChI=1S/C25H25N5O3S/c1-18-6-11-27-23-22(18)34-25(28-23)33-21-4-2-20(3-5-21)32-17-16-29-12-14-30(15-13-29)24(31)19-7-9-26-10-8-19/h2-11H,12-17H2,1H3. The number of rotatable bonds is 7. The van der Waals surface area contributed by atoms with E-state index in [-0.39, 0.29) is 5.91 Å². The van der Waals surface area contributed by atoms with Crippen LogP contribution in [0.2, 0.25) is 0 Å². The third-order valence-electron chi connectivity index (χ3n) is 5.76. The van der Waals surface area contributed by atoms with Gasteiger partial charge in [0.05, 0.1) is 4.70 Å². The molecule has 174 valence electrons. The summed E-state index contributed by atoms with van der Waals surface area (Å²) in [5.41, 5.74) is 2.54. The zero-order valence-electron chi connectivity index (χ0n) is 18.9. The van der Waals surface area contributed by atoms with E-state index in [0.717, 1.165) is 35.6 Å². The Hall–Kier alpha value is -3.56. The van der Waals surface area contributed by atoms with E-state index in [1.807, 2.05) is 42.2 Å². The molecule has 0 unspecified atom stereocenters. The van der Waals surface area contributed by atoms with Crippen LogP contribution in [0.15, 0.2) is 61.1 Å². The Bertz CT molecular complexity index is 1250. The van der Waals surface area contributed by atoms with Crippen LogP contribution in [0.25, 0.3) is 10.3 Å². The Morgan fingerprint density at radius 2 is 1.71 bits per heavy atom. The number of nitrogens with zero attached hydrogens (tertiary/aromatic N) is 5. The largest absolute Gasteiger partial charge is 0.492 e. The fourth-order valence-electron chi connectivity index (χ4n) is 3.83. The molecule has 8 nitrogen and oxygen atoms in total. The number of benzene rings is 1. The molecule has 1 amide bonds. The summed E-state index contributed by atoms with van der Waals surface area (Å²) in [6, 6.07) is 13.1. The molecule has 1 saturated heterocycles. The molecule has 0 saturated carbocycles. The lowest BCUT2D eigenvalue weighted by atomic mass is 10.2. The highest BCUT2D eigenvalue weighted by Crippen LogP contribution is 2.32. The van der Waals surface area contributed by atoms with Crippen molar-refractivity contribution in [3.8, 4) is 16.7 Å². The van der Waals surface area contributed by atoms with Crippen LogP contribution >= 0.6 is 11.3 Å². The second-order valence-electron chi connectivity index (χ2n) is 8.05. The SMILES string of the molecule is Cc1ccnc2nc(Oc3ccc(OCCN4CCN(C(=O)c5ccncc5)CC4)cc3)sc12. The van der Waals surface area contributed by atoms with Crippen molar-refractivity contribution in [1.82, 2.24) is 24.8 Å². The molecule has 1 aliphatic rings. The van der Waals surface area contributed by atoms with Gasteiger partial charge in [-0.2, -0.15) is 4.98 Å². The van der Waals surface area contributed by atoms with Crippen molar-refractivity contribution in [2.75, 3.05) is 39.3 Å². The van der Waals surface area contributed by atoms with E-state index < -0.39 is 0 Å². The van der Waals surface area contributed by atoms with E-state index in [4.69, 9.17) is 9.47 Å². The first-order valence-corrected chi connectivity index (χ1v) is 12.0. The van der Waals surface area contributed by atoms with Crippen molar-refractivity contribution in [2.45, 2.75) is 6.92 Å². The van der Waals surface area contributed by atoms with Gasteiger partial charge in [-0.05, 0) is 55.0 Å². The smallest absolute Gasteiger partial charge is 0.281 e. The zero-order chi connectivity index (χ0) is 23.3. The second kappa shape index (κ2) is 10.1. The number of hydrogen-bond donors (Lipinski definition) is 0. The molecule has 34 heavy (non-hydrogen) atoms. The molecule has 1 aliphatic heterocycles. The number of carbonyl (C=O) groups is 1. The van der Waals surface area contributed by atoms with Crippen LogP contribution < -0.4 is 9.47 Å². The molecule has 3 aromatic heterocycles. The van der Waals surface area contributed by atoms with Gasteiger partial charge in [0.25, 0.3) is 11.1 Å². The fourth-order valence-corrected chi connectivity index (χ4v) is 4.69. The third kappa shape index (κ3) is 5.16. The van der Waals surface area contributed by atoms with Crippen molar-refractivity contribution in [3.63, 3.8) is 0 Å². The summed E-state index contributed by atoms with van der Waals surface area (Å²) in [5.74, 6) is 1.57. The van der Waals surface area contributed by atoms with Gasteiger partial charge in [-0.15, -0.1) is 0 Å². The van der Waals surface area contributed by atoms with Crippen LogP contribution in [0.5, 0.6) is 16.7 Å². The second-order valence-corrected chi connectivity index (χ2v) is 9.01. The molecule has 0 radical (unpaired) electrons. The number of thiazole rings is 1. The molecule has 9 heteroatoms. The molecule has 0 atom stereocenters. The van der Waals surface area contributed by atoms with Crippen LogP contribution in [0.3, 0.4) is 0 Å². The quantitative estimate of drug-likeness (QED) is 0.399. The van der Waals surface area contributed by atoms with Gasteiger partial charge in [-0.3, -0.25) is 14.7 Å². The zero-order valence-corrected chi connectivity index (χ0v) is 19.7.